The molecule has 0 aliphatic rings. The van der Waals surface area contributed by atoms with Crippen LogP contribution in [0.2, 0.25) is 5.02 Å². The molecule has 0 aliphatic heterocycles. The largest absolute Gasteiger partial charge is 0.271 e. The third-order valence-electron chi connectivity index (χ3n) is 2.65. The van der Waals surface area contributed by atoms with E-state index in [0.717, 1.165) is 15.7 Å². The summed E-state index contributed by atoms with van der Waals surface area (Å²) >= 11 is 9.34. The predicted molar refractivity (Wildman–Crippen MR) is 77.2 cm³/mol. The van der Waals surface area contributed by atoms with Gasteiger partial charge < -0.3 is 0 Å². The molecule has 0 saturated heterocycles. The Balaban J connectivity index is 2.17. The summed E-state index contributed by atoms with van der Waals surface area (Å²) < 4.78 is 0.964. The minimum absolute atomic E-state index is 0.00243. The molecule has 18 heavy (non-hydrogen) atoms. The van der Waals surface area contributed by atoms with Crippen molar-refractivity contribution in [2.24, 2.45) is 5.84 Å². The minimum atomic E-state index is -0.00243. The number of nitrogens with two attached hydrogens (primary N) is 1. The number of aromatic nitrogens is 1. The van der Waals surface area contributed by atoms with E-state index in [1.807, 2.05) is 36.4 Å². The second-order valence-electron chi connectivity index (χ2n) is 3.95. The summed E-state index contributed by atoms with van der Waals surface area (Å²) in [6.45, 7) is 0. The molecule has 0 fully saturated rings. The number of hydrogen-bond acceptors (Lipinski definition) is 3. The molecular weight excluding hydrogens is 314 g/mol. The molecule has 5 heteroatoms. The summed E-state index contributed by atoms with van der Waals surface area (Å²) in [7, 11) is 0. The Morgan fingerprint density at radius 2 is 2.17 bits per heavy atom. The monoisotopic (exact) mass is 325 g/mol. The number of pyridine rings is 1. The molecule has 2 aromatic rings. The van der Waals surface area contributed by atoms with Crippen molar-refractivity contribution in [1.82, 2.24) is 10.4 Å². The van der Waals surface area contributed by atoms with E-state index in [4.69, 9.17) is 17.4 Å². The molecule has 0 bridgehead atoms. The Kier molecular flexibility index (Phi) is 4.72. The van der Waals surface area contributed by atoms with E-state index in [1.165, 1.54) is 0 Å². The van der Waals surface area contributed by atoms with Gasteiger partial charge in [-0.1, -0.05) is 23.7 Å². The molecule has 1 aromatic carbocycles. The van der Waals surface area contributed by atoms with Gasteiger partial charge in [0.2, 0.25) is 0 Å². The van der Waals surface area contributed by atoms with Crippen molar-refractivity contribution in [2.45, 2.75) is 12.5 Å². The lowest BCUT2D eigenvalue weighted by Gasteiger charge is -2.16. The zero-order valence-corrected chi connectivity index (χ0v) is 11.9. The third-order valence-corrected chi connectivity index (χ3v) is 3.36. The lowest BCUT2D eigenvalue weighted by molar-refractivity contribution is 0.546. The van der Waals surface area contributed by atoms with E-state index in [1.54, 1.807) is 6.20 Å². The molecule has 3 nitrogen and oxygen atoms in total. The van der Waals surface area contributed by atoms with Crippen LogP contribution in [-0.4, -0.2) is 4.98 Å². The fourth-order valence-electron chi connectivity index (χ4n) is 1.73. The molecule has 1 unspecified atom stereocenters. The molecule has 0 spiro atoms. The van der Waals surface area contributed by atoms with E-state index in [0.29, 0.717) is 11.4 Å². The average Bonchev–Trinajstić information content (AvgIpc) is 2.38. The van der Waals surface area contributed by atoms with Gasteiger partial charge >= 0.3 is 0 Å². The summed E-state index contributed by atoms with van der Waals surface area (Å²) in [4.78, 5) is 4.34. The summed E-state index contributed by atoms with van der Waals surface area (Å²) in [5.41, 5.74) is 4.82. The molecule has 0 amide bonds. The number of halogens is 2. The summed E-state index contributed by atoms with van der Waals surface area (Å²) in [6.07, 6.45) is 2.49. The zero-order chi connectivity index (χ0) is 13.0. The molecule has 1 aromatic heterocycles. The van der Waals surface area contributed by atoms with Crippen molar-refractivity contribution in [3.05, 3.63) is 63.3 Å². The fourth-order valence-corrected chi connectivity index (χ4v) is 2.17. The van der Waals surface area contributed by atoms with Gasteiger partial charge in [0.25, 0.3) is 0 Å². The first-order valence-electron chi connectivity index (χ1n) is 5.51. The number of benzene rings is 1. The maximum atomic E-state index is 5.98. The molecule has 94 valence electrons. The van der Waals surface area contributed by atoms with Crippen molar-refractivity contribution in [2.75, 3.05) is 0 Å². The highest BCUT2D eigenvalue weighted by atomic mass is 79.9. The van der Waals surface area contributed by atoms with Crippen molar-refractivity contribution < 1.29 is 0 Å². The topological polar surface area (TPSA) is 50.9 Å². The first-order valence-corrected chi connectivity index (χ1v) is 6.68. The molecular formula is C13H13BrClN3. The van der Waals surface area contributed by atoms with Crippen LogP contribution >= 0.6 is 27.5 Å². The van der Waals surface area contributed by atoms with Crippen LogP contribution in [0.1, 0.15) is 17.3 Å². The van der Waals surface area contributed by atoms with Gasteiger partial charge in [-0.25, -0.2) is 0 Å². The van der Waals surface area contributed by atoms with E-state index in [-0.39, 0.29) is 6.04 Å². The maximum absolute atomic E-state index is 5.98. The first-order chi connectivity index (χ1) is 8.69. The molecule has 0 radical (unpaired) electrons. The molecule has 3 N–H and O–H groups in total. The molecule has 0 aliphatic carbocycles. The molecule has 2 rings (SSSR count). The number of hydrogen-bond donors (Lipinski definition) is 2. The maximum Gasteiger partial charge on any atom is 0.0515 e. The Bertz CT molecular complexity index is 516. The van der Waals surface area contributed by atoms with Gasteiger partial charge in [-0.05, 0) is 45.8 Å². The van der Waals surface area contributed by atoms with Gasteiger partial charge in [0, 0.05) is 27.8 Å². The fraction of sp³-hybridized carbons (Fsp3) is 0.154. The normalized spacial score (nSPS) is 12.4. The standard InChI is InChI=1S/C13H13BrClN3/c14-10-4-5-12(17-8-10)7-13(18-16)9-2-1-3-11(15)6-9/h1-6,8,13,18H,7,16H2. The highest BCUT2D eigenvalue weighted by Gasteiger charge is 2.11. The Labute approximate surface area is 119 Å². The molecule has 1 atom stereocenters. The van der Waals surface area contributed by atoms with Crippen molar-refractivity contribution in [3.8, 4) is 0 Å². The Morgan fingerprint density at radius 1 is 1.33 bits per heavy atom. The van der Waals surface area contributed by atoms with Crippen molar-refractivity contribution >= 4 is 27.5 Å². The summed E-state index contributed by atoms with van der Waals surface area (Å²) in [5.74, 6) is 5.60. The van der Waals surface area contributed by atoms with E-state index < -0.39 is 0 Å². The minimum Gasteiger partial charge on any atom is -0.271 e. The lowest BCUT2D eigenvalue weighted by atomic mass is 10.0. The summed E-state index contributed by atoms with van der Waals surface area (Å²) in [5, 5.41) is 0.705. The second-order valence-corrected chi connectivity index (χ2v) is 5.30. The van der Waals surface area contributed by atoms with Gasteiger partial charge in [0.15, 0.2) is 0 Å². The smallest absolute Gasteiger partial charge is 0.0515 e. The van der Waals surface area contributed by atoms with E-state index >= 15 is 0 Å². The quantitative estimate of drug-likeness (QED) is 0.670. The summed E-state index contributed by atoms with van der Waals surface area (Å²) in [6, 6.07) is 11.6. The van der Waals surface area contributed by atoms with Gasteiger partial charge in [0.1, 0.15) is 0 Å². The van der Waals surface area contributed by atoms with Crippen LogP contribution in [0.4, 0.5) is 0 Å². The van der Waals surface area contributed by atoms with E-state index in [2.05, 4.69) is 26.3 Å². The predicted octanol–water partition coefficient (Wildman–Crippen LogP) is 3.24. The number of hydrazine groups is 1. The number of nitrogens with one attached hydrogen (secondary N) is 1. The van der Waals surface area contributed by atoms with Crippen LogP contribution in [0.15, 0.2) is 47.1 Å². The van der Waals surface area contributed by atoms with Gasteiger partial charge in [-0.3, -0.25) is 16.3 Å². The van der Waals surface area contributed by atoms with Crippen LogP contribution in [0.25, 0.3) is 0 Å². The zero-order valence-electron chi connectivity index (χ0n) is 9.61. The second kappa shape index (κ2) is 6.29. The SMILES string of the molecule is NNC(Cc1ccc(Br)cn1)c1cccc(Cl)c1. The van der Waals surface area contributed by atoms with E-state index in [9.17, 15) is 0 Å². The molecule has 0 saturated carbocycles. The van der Waals surface area contributed by atoms with Gasteiger partial charge in [0.05, 0.1) is 6.04 Å². The van der Waals surface area contributed by atoms with Crippen molar-refractivity contribution in [1.29, 1.82) is 0 Å². The Hall–Kier alpha value is -0.940. The highest BCUT2D eigenvalue weighted by molar-refractivity contribution is 9.10. The number of nitrogens with zero attached hydrogens (tertiary/aromatic N) is 1. The van der Waals surface area contributed by atoms with Crippen LogP contribution in [0, 0.1) is 0 Å². The molecule has 1 heterocycles. The van der Waals surface area contributed by atoms with Gasteiger partial charge in [-0.2, -0.15) is 0 Å². The third kappa shape index (κ3) is 3.53. The number of rotatable bonds is 4. The van der Waals surface area contributed by atoms with Gasteiger partial charge in [-0.15, -0.1) is 0 Å². The lowest BCUT2D eigenvalue weighted by Crippen LogP contribution is -2.29. The Morgan fingerprint density at radius 3 is 2.78 bits per heavy atom. The first kappa shape index (κ1) is 13.5. The van der Waals surface area contributed by atoms with Crippen LogP contribution in [0.5, 0.6) is 0 Å². The van der Waals surface area contributed by atoms with Crippen LogP contribution < -0.4 is 11.3 Å². The average molecular weight is 327 g/mol. The van der Waals surface area contributed by atoms with Crippen molar-refractivity contribution in [3.63, 3.8) is 0 Å². The highest BCUT2D eigenvalue weighted by Crippen LogP contribution is 2.20. The van der Waals surface area contributed by atoms with Crippen LogP contribution in [0.3, 0.4) is 0 Å². The van der Waals surface area contributed by atoms with Crippen LogP contribution in [-0.2, 0) is 6.42 Å².